The van der Waals surface area contributed by atoms with E-state index >= 15 is 0 Å². The highest BCUT2D eigenvalue weighted by molar-refractivity contribution is 6.86. The van der Waals surface area contributed by atoms with Gasteiger partial charge in [-0.2, -0.15) is 0 Å². The fourth-order valence-electron chi connectivity index (χ4n) is 2.96. The van der Waals surface area contributed by atoms with Crippen molar-refractivity contribution in [2.24, 2.45) is 0 Å². The first-order valence-electron chi connectivity index (χ1n) is 7.91. The Kier molecular flexibility index (Phi) is 4.94. The van der Waals surface area contributed by atoms with Crippen LogP contribution >= 0.6 is 0 Å². The molecule has 0 aliphatic rings. The Balaban J connectivity index is 2.00. The molecule has 0 fully saturated rings. The Morgan fingerprint density at radius 1 is 0.696 bits per heavy atom. The number of hydrogen-bond acceptors (Lipinski definition) is 1. The highest BCUT2D eigenvalue weighted by atomic mass is 28.3. The number of methoxy groups -OCH3 is 1. The van der Waals surface area contributed by atoms with Gasteiger partial charge in [0.15, 0.2) is 0 Å². The summed E-state index contributed by atoms with van der Waals surface area (Å²) in [4.78, 5) is 0. The monoisotopic (exact) mass is 317 g/mol. The van der Waals surface area contributed by atoms with E-state index in [9.17, 15) is 0 Å². The third-order valence-corrected chi connectivity index (χ3v) is 7.33. The van der Waals surface area contributed by atoms with Crippen LogP contribution < -0.4 is 15.1 Å². The Labute approximate surface area is 140 Å². The average Bonchev–Trinajstić information content (AvgIpc) is 2.64. The predicted octanol–water partition coefficient (Wildman–Crippen LogP) is 3.65. The Hall–Kier alpha value is -2.32. The summed E-state index contributed by atoms with van der Waals surface area (Å²) < 4.78 is 5.29. The van der Waals surface area contributed by atoms with Gasteiger partial charge in [0.2, 0.25) is 0 Å². The maximum absolute atomic E-state index is 5.29. The molecule has 0 aliphatic carbocycles. The van der Waals surface area contributed by atoms with Gasteiger partial charge in [-0.25, -0.2) is 0 Å². The second-order valence-corrected chi connectivity index (χ2v) is 8.49. The van der Waals surface area contributed by atoms with Crippen molar-refractivity contribution in [2.75, 3.05) is 7.11 Å². The van der Waals surface area contributed by atoms with Crippen LogP contribution in [0.3, 0.4) is 0 Å². The van der Waals surface area contributed by atoms with Gasteiger partial charge in [-0.1, -0.05) is 90.1 Å². The van der Waals surface area contributed by atoms with Crippen molar-refractivity contribution in [3.63, 3.8) is 0 Å². The van der Waals surface area contributed by atoms with E-state index in [0.29, 0.717) is 5.54 Å². The van der Waals surface area contributed by atoms with Crippen molar-refractivity contribution in [1.82, 2.24) is 0 Å². The average molecular weight is 317 g/mol. The van der Waals surface area contributed by atoms with Crippen LogP contribution in [-0.4, -0.2) is 15.9 Å². The molecule has 0 amide bonds. The lowest BCUT2D eigenvalue weighted by Gasteiger charge is -2.24. The van der Waals surface area contributed by atoms with Crippen molar-refractivity contribution in [3.05, 3.63) is 90.5 Å². The van der Waals surface area contributed by atoms with E-state index in [4.69, 9.17) is 4.74 Å². The van der Waals surface area contributed by atoms with E-state index in [1.807, 2.05) is 0 Å². The molecule has 3 rings (SSSR count). The van der Waals surface area contributed by atoms with Gasteiger partial charge in [0.05, 0.1) is 7.11 Å². The minimum absolute atomic E-state index is 0.482. The number of benzene rings is 3. The summed E-state index contributed by atoms with van der Waals surface area (Å²) in [6, 6.07) is 30.3. The normalized spacial score (nSPS) is 12.1. The third kappa shape index (κ3) is 3.54. The molecule has 1 radical (unpaired) electrons. The minimum atomic E-state index is -0.890. The van der Waals surface area contributed by atoms with Crippen LogP contribution in [0.5, 0.6) is 5.75 Å². The van der Waals surface area contributed by atoms with Gasteiger partial charge in [-0.3, -0.25) is 0 Å². The molecule has 3 aromatic rings. The van der Waals surface area contributed by atoms with E-state index in [2.05, 4.69) is 91.9 Å². The van der Waals surface area contributed by atoms with Gasteiger partial charge in [0.1, 0.15) is 14.5 Å². The second kappa shape index (κ2) is 7.29. The molecule has 23 heavy (non-hydrogen) atoms. The van der Waals surface area contributed by atoms with Crippen molar-refractivity contribution in [2.45, 2.75) is 12.5 Å². The maximum Gasteiger partial charge on any atom is 0.128 e. The first-order chi connectivity index (χ1) is 11.3. The van der Waals surface area contributed by atoms with E-state index in [1.54, 1.807) is 7.11 Å². The maximum atomic E-state index is 5.29. The molecule has 0 heterocycles. The largest absolute Gasteiger partial charge is 0.497 e. The molecular formula is C21H21OSi. The molecule has 0 N–H and O–H groups in total. The molecule has 0 unspecified atom stereocenters. The van der Waals surface area contributed by atoms with E-state index in [0.717, 1.165) is 5.75 Å². The van der Waals surface area contributed by atoms with Gasteiger partial charge < -0.3 is 4.74 Å². The highest BCUT2D eigenvalue weighted by Gasteiger charge is 2.25. The molecule has 0 aromatic heterocycles. The zero-order valence-corrected chi connectivity index (χ0v) is 14.6. The van der Waals surface area contributed by atoms with Crippen LogP contribution in [0.15, 0.2) is 84.9 Å². The number of ether oxygens (including phenoxy) is 1. The topological polar surface area (TPSA) is 9.23 Å². The molecule has 115 valence electrons. The zero-order chi connectivity index (χ0) is 16.1. The zero-order valence-electron chi connectivity index (χ0n) is 13.6. The van der Waals surface area contributed by atoms with Gasteiger partial charge in [0.25, 0.3) is 0 Å². The molecule has 2 heteroatoms. The van der Waals surface area contributed by atoms with Crippen molar-refractivity contribution in [3.8, 4) is 5.75 Å². The second-order valence-electron chi connectivity index (χ2n) is 5.64. The lowest BCUT2D eigenvalue weighted by atomic mass is 10.1. The fourth-order valence-corrected chi connectivity index (χ4v) is 5.92. The van der Waals surface area contributed by atoms with E-state index in [-0.39, 0.29) is 0 Å². The standard InChI is InChI=1S/C21H21OSi/c1-17(18-13-15-19(22-2)16-14-18)23(20-9-5-3-6-10-20)21-11-7-4-8-12-21/h3-17H,1-2H3/t17-/m1/s1. The summed E-state index contributed by atoms with van der Waals surface area (Å²) in [6.45, 7) is 2.34. The minimum Gasteiger partial charge on any atom is -0.497 e. The van der Waals surface area contributed by atoms with Crippen LogP contribution in [0.25, 0.3) is 0 Å². The van der Waals surface area contributed by atoms with Crippen LogP contribution in [-0.2, 0) is 0 Å². The highest BCUT2D eigenvalue weighted by Crippen LogP contribution is 2.21. The molecule has 0 spiro atoms. The van der Waals surface area contributed by atoms with Gasteiger partial charge in [-0.05, 0) is 23.2 Å². The number of hydrogen-bond donors (Lipinski definition) is 0. The Morgan fingerprint density at radius 2 is 1.17 bits per heavy atom. The molecule has 0 aliphatic heterocycles. The third-order valence-electron chi connectivity index (χ3n) is 4.22. The quantitative estimate of drug-likeness (QED) is 0.653. The fraction of sp³-hybridized carbons (Fsp3) is 0.143. The summed E-state index contributed by atoms with van der Waals surface area (Å²) in [5.41, 5.74) is 1.85. The van der Waals surface area contributed by atoms with Gasteiger partial charge in [0, 0.05) is 0 Å². The Bertz CT molecular complexity index is 683. The molecule has 0 saturated heterocycles. The summed E-state index contributed by atoms with van der Waals surface area (Å²) in [5, 5.41) is 2.90. The molecular weight excluding hydrogens is 296 g/mol. The molecule has 3 aromatic carbocycles. The number of rotatable bonds is 5. The summed E-state index contributed by atoms with van der Waals surface area (Å²) >= 11 is 0. The van der Waals surface area contributed by atoms with Crippen LogP contribution in [0.4, 0.5) is 0 Å². The van der Waals surface area contributed by atoms with Gasteiger partial charge in [-0.15, -0.1) is 0 Å². The molecule has 0 saturated carbocycles. The lowest BCUT2D eigenvalue weighted by molar-refractivity contribution is 0.414. The molecule has 0 bridgehead atoms. The van der Waals surface area contributed by atoms with E-state index < -0.39 is 8.80 Å². The summed E-state index contributed by atoms with van der Waals surface area (Å²) in [7, 11) is 0.820. The van der Waals surface area contributed by atoms with Crippen LogP contribution in [0.1, 0.15) is 18.0 Å². The van der Waals surface area contributed by atoms with Crippen molar-refractivity contribution in [1.29, 1.82) is 0 Å². The predicted molar refractivity (Wildman–Crippen MR) is 99.3 cm³/mol. The van der Waals surface area contributed by atoms with Crippen LogP contribution in [0, 0.1) is 0 Å². The van der Waals surface area contributed by atoms with Crippen molar-refractivity contribution >= 4 is 19.2 Å². The SMILES string of the molecule is COc1ccc([C@@H](C)[Si](c2ccccc2)c2ccccc2)cc1. The smallest absolute Gasteiger partial charge is 0.128 e. The van der Waals surface area contributed by atoms with E-state index in [1.165, 1.54) is 15.9 Å². The molecule has 1 nitrogen and oxygen atoms in total. The summed E-state index contributed by atoms with van der Waals surface area (Å²) in [5.74, 6) is 0.911. The van der Waals surface area contributed by atoms with Gasteiger partial charge >= 0.3 is 0 Å². The first kappa shape index (κ1) is 15.6. The summed E-state index contributed by atoms with van der Waals surface area (Å²) in [6.07, 6.45) is 0. The van der Waals surface area contributed by atoms with Crippen molar-refractivity contribution < 1.29 is 4.74 Å². The Morgan fingerprint density at radius 3 is 1.61 bits per heavy atom. The first-order valence-corrected chi connectivity index (χ1v) is 9.49. The van der Waals surface area contributed by atoms with Crippen LogP contribution in [0.2, 0.25) is 0 Å². The lowest BCUT2D eigenvalue weighted by Crippen LogP contribution is -2.46. The molecule has 1 atom stereocenters.